The minimum absolute atomic E-state index is 0.737. The molecule has 5 nitrogen and oxygen atoms in total. The first kappa shape index (κ1) is 19.2. The van der Waals surface area contributed by atoms with E-state index in [9.17, 15) is 5.26 Å². The molecule has 0 bridgehead atoms. The highest BCUT2D eigenvalue weighted by Crippen LogP contribution is 2.25. The molecule has 3 aromatic rings. The molecule has 3 rings (SSSR count). The van der Waals surface area contributed by atoms with Crippen molar-refractivity contribution in [2.75, 3.05) is 31.5 Å². The average molecular weight is 366 g/mol. The van der Waals surface area contributed by atoms with Crippen molar-refractivity contribution >= 4 is 22.5 Å². The summed E-state index contributed by atoms with van der Waals surface area (Å²) in [5.41, 5.74) is 6.08. The summed E-state index contributed by atoms with van der Waals surface area (Å²) in [4.78, 5) is 5.09. The molecule has 0 unspecified atom stereocenters. The van der Waals surface area contributed by atoms with Gasteiger partial charge in [0.15, 0.2) is 0 Å². The lowest BCUT2D eigenvalue weighted by Crippen LogP contribution is -3.11. The van der Waals surface area contributed by atoms with Gasteiger partial charge in [0.25, 0.3) is 0 Å². The highest BCUT2D eigenvalue weighted by atomic mass is 15.1. The molecule has 1 aromatic carbocycles. The van der Waals surface area contributed by atoms with E-state index in [0.29, 0.717) is 0 Å². The molecule has 0 saturated heterocycles. The van der Waals surface area contributed by atoms with Gasteiger partial charge in [-0.3, -0.25) is 4.98 Å². The third-order valence-corrected chi connectivity index (χ3v) is 5.66. The van der Waals surface area contributed by atoms with Gasteiger partial charge in [-0.25, -0.2) is 0 Å². The van der Waals surface area contributed by atoms with E-state index in [1.54, 1.807) is 4.90 Å². The Bertz CT molecular complexity index is 976. The van der Waals surface area contributed by atoms with E-state index in [1.807, 2.05) is 12.1 Å². The standard InChI is InChI=1S/C22H29N5/c1-5-17-16(4)18(15-23)22-25-19-11-8-9-12-20(19)27(22)21(17)24-13-10-14-26(6-2)7-3/h8-9,11-12H,5-7,10,13-14H2,1-4H3,(H,24,25)/p+2. The van der Waals surface area contributed by atoms with Crippen LogP contribution in [0.2, 0.25) is 0 Å². The Balaban J connectivity index is 2.06. The van der Waals surface area contributed by atoms with Crippen LogP contribution >= 0.6 is 0 Å². The second kappa shape index (κ2) is 8.41. The van der Waals surface area contributed by atoms with Crippen molar-refractivity contribution in [2.45, 2.75) is 40.5 Å². The lowest BCUT2D eigenvalue weighted by Gasteiger charge is -2.16. The molecule has 5 heteroatoms. The number of anilines is 1. The fourth-order valence-corrected chi connectivity index (χ4v) is 4.03. The monoisotopic (exact) mass is 365 g/mol. The lowest BCUT2D eigenvalue weighted by atomic mass is 10.0. The minimum Gasteiger partial charge on any atom is -0.335 e. The number of imidazole rings is 1. The third kappa shape index (κ3) is 3.50. The Kier molecular flexibility index (Phi) is 5.98. The summed E-state index contributed by atoms with van der Waals surface area (Å²) >= 11 is 0. The van der Waals surface area contributed by atoms with Crippen molar-refractivity contribution in [3.8, 4) is 6.07 Å². The largest absolute Gasteiger partial charge is 0.335 e. The van der Waals surface area contributed by atoms with Gasteiger partial charge in [-0.15, -0.1) is 0 Å². The highest BCUT2D eigenvalue weighted by molar-refractivity contribution is 5.78. The van der Waals surface area contributed by atoms with Crippen molar-refractivity contribution < 1.29 is 9.30 Å². The zero-order valence-corrected chi connectivity index (χ0v) is 16.9. The van der Waals surface area contributed by atoms with Gasteiger partial charge in [0.1, 0.15) is 22.7 Å². The first-order valence-electron chi connectivity index (χ1n) is 10.1. The number of aromatic nitrogens is 2. The van der Waals surface area contributed by atoms with Gasteiger partial charge in [0.2, 0.25) is 11.5 Å². The van der Waals surface area contributed by atoms with Gasteiger partial charge in [0, 0.05) is 12.0 Å². The Labute approximate surface area is 161 Å². The zero-order chi connectivity index (χ0) is 19.4. The number of H-pyrrole nitrogens is 1. The maximum atomic E-state index is 9.78. The van der Waals surface area contributed by atoms with Crippen LogP contribution in [0.3, 0.4) is 0 Å². The van der Waals surface area contributed by atoms with E-state index in [-0.39, 0.29) is 0 Å². The molecule has 0 amide bonds. The summed E-state index contributed by atoms with van der Waals surface area (Å²) in [6.07, 6.45) is 2.02. The molecular weight excluding hydrogens is 334 g/mol. The average Bonchev–Trinajstić information content (AvgIpc) is 3.07. The van der Waals surface area contributed by atoms with Crippen molar-refractivity contribution in [2.24, 2.45) is 0 Å². The van der Waals surface area contributed by atoms with Gasteiger partial charge in [-0.1, -0.05) is 19.1 Å². The van der Waals surface area contributed by atoms with Gasteiger partial charge in [-0.05, 0) is 44.9 Å². The highest BCUT2D eigenvalue weighted by Gasteiger charge is 2.24. The third-order valence-electron chi connectivity index (χ3n) is 5.66. The molecule has 2 aromatic heterocycles. The number of rotatable bonds is 8. The zero-order valence-electron chi connectivity index (χ0n) is 16.9. The van der Waals surface area contributed by atoms with Crippen LogP contribution in [0.25, 0.3) is 16.7 Å². The van der Waals surface area contributed by atoms with Gasteiger partial charge < -0.3 is 10.2 Å². The number of hydrogen-bond donors (Lipinski definition) is 3. The molecule has 0 fully saturated rings. The second-order valence-electron chi connectivity index (χ2n) is 7.11. The number of hydrogen-bond acceptors (Lipinski definition) is 2. The number of nitriles is 1. The van der Waals surface area contributed by atoms with Crippen LogP contribution in [0, 0.1) is 18.3 Å². The number of quaternary nitrogens is 1. The summed E-state index contributed by atoms with van der Waals surface area (Å²) in [5, 5.41) is 13.5. The number of nitrogens with one attached hydrogen (secondary N) is 3. The molecule has 0 spiro atoms. The number of benzene rings is 1. The maximum Gasteiger partial charge on any atom is 0.250 e. The number of nitrogens with zero attached hydrogens (tertiary/aromatic N) is 2. The molecule has 27 heavy (non-hydrogen) atoms. The van der Waals surface area contributed by atoms with Crippen LogP contribution < -0.4 is 14.6 Å². The normalized spacial score (nSPS) is 11.4. The first-order chi connectivity index (χ1) is 13.2. The Morgan fingerprint density at radius 3 is 2.59 bits per heavy atom. The Hall–Kier alpha value is -2.58. The minimum atomic E-state index is 0.737. The Morgan fingerprint density at radius 1 is 1.19 bits per heavy atom. The number of aromatic amines is 1. The molecule has 142 valence electrons. The Morgan fingerprint density at radius 2 is 1.93 bits per heavy atom. The van der Waals surface area contributed by atoms with E-state index in [1.165, 1.54) is 25.2 Å². The fourth-order valence-electron chi connectivity index (χ4n) is 4.03. The molecular formula is C22H31N5+2. The molecule has 0 aliphatic rings. The van der Waals surface area contributed by atoms with Crippen molar-refractivity contribution in [1.29, 1.82) is 5.26 Å². The van der Waals surface area contributed by atoms with Crippen molar-refractivity contribution in [3.05, 3.63) is 41.0 Å². The van der Waals surface area contributed by atoms with Crippen molar-refractivity contribution in [1.82, 2.24) is 4.98 Å². The summed E-state index contributed by atoms with van der Waals surface area (Å²) in [7, 11) is 0. The summed E-state index contributed by atoms with van der Waals surface area (Å²) < 4.78 is 2.20. The van der Waals surface area contributed by atoms with E-state index in [2.05, 4.69) is 60.6 Å². The molecule has 0 saturated carbocycles. The van der Waals surface area contributed by atoms with Crippen LogP contribution in [0.5, 0.6) is 0 Å². The number of pyridine rings is 1. The lowest BCUT2D eigenvalue weighted by molar-refractivity contribution is -0.896. The maximum absolute atomic E-state index is 9.78. The topological polar surface area (TPSA) is 60.1 Å². The van der Waals surface area contributed by atoms with Crippen LogP contribution in [-0.4, -0.2) is 31.2 Å². The first-order valence-corrected chi connectivity index (χ1v) is 10.1. The molecule has 0 atom stereocenters. The van der Waals surface area contributed by atoms with E-state index < -0.39 is 0 Å². The van der Waals surface area contributed by atoms with E-state index >= 15 is 0 Å². The van der Waals surface area contributed by atoms with Crippen LogP contribution in [-0.2, 0) is 6.42 Å². The summed E-state index contributed by atoms with van der Waals surface area (Å²) in [5.74, 6) is 1.12. The van der Waals surface area contributed by atoms with Crippen LogP contribution in [0.15, 0.2) is 24.3 Å². The fraction of sp³-hybridized carbons (Fsp3) is 0.455. The molecule has 0 radical (unpaired) electrons. The smallest absolute Gasteiger partial charge is 0.250 e. The van der Waals surface area contributed by atoms with Gasteiger partial charge >= 0.3 is 0 Å². The van der Waals surface area contributed by atoms with E-state index in [4.69, 9.17) is 0 Å². The predicted molar refractivity (Wildman–Crippen MR) is 110 cm³/mol. The van der Waals surface area contributed by atoms with Crippen LogP contribution in [0.1, 0.15) is 43.9 Å². The van der Waals surface area contributed by atoms with Crippen LogP contribution in [0.4, 0.5) is 5.82 Å². The quantitative estimate of drug-likeness (QED) is 0.424. The van der Waals surface area contributed by atoms with Crippen molar-refractivity contribution in [3.63, 3.8) is 0 Å². The number of fused-ring (bicyclic) bond motifs is 3. The second-order valence-corrected chi connectivity index (χ2v) is 7.11. The molecule has 0 aliphatic heterocycles. The predicted octanol–water partition coefficient (Wildman–Crippen LogP) is 2.38. The molecule has 3 N–H and O–H groups in total. The van der Waals surface area contributed by atoms with Gasteiger partial charge in [-0.2, -0.15) is 9.66 Å². The summed E-state index contributed by atoms with van der Waals surface area (Å²) in [6.45, 7) is 13.2. The van der Waals surface area contributed by atoms with Gasteiger partial charge in [0.05, 0.1) is 26.2 Å². The SMILES string of the molecule is CCc1c(C)c(C#N)c2[nH]c3ccccc3[n+]2c1NCCC[NH+](CC)CC. The molecule has 0 aliphatic carbocycles. The van der Waals surface area contributed by atoms with E-state index in [0.717, 1.165) is 53.0 Å². The summed E-state index contributed by atoms with van der Waals surface area (Å²) in [6, 6.07) is 10.7. The molecule has 2 heterocycles. The number of para-hydroxylation sites is 2.